The number of fused-ring (bicyclic) bond motifs is 1. The second kappa shape index (κ2) is 5.79. The number of ether oxygens (including phenoxy) is 2. The Morgan fingerprint density at radius 3 is 2.55 bits per heavy atom. The zero-order valence-electron chi connectivity index (χ0n) is 11.4. The largest absolute Gasteiger partial charge is 0.496 e. The maximum Gasteiger partial charge on any atom is 0.320 e. The molecule has 0 aliphatic rings. The van der Waals surface area contributed by atoms with E-state index in [0.717, 1.165) is 22.1 Å². The van der Waals surface area contributed by atoms with Crippen LogP contribution in [0.4, 0.5) is 0 Å². The van der Waals surface area contributed by atoms with Crippen LogP contribution in [0.5, 0.6) is 11.5 Å². The van der Waals surface area contributed by atoms with Crippen LogP contribution in [-0.2, 0) is 11.2 Å². The number of benzene rings is 2. The zero-order chi connectivity index (χ0) is 14.7. The van der Waals surface area contributed by atoms with Crippen LogP contribution in [0, 0.1) is 0 Å². The monoisotopic (exact) mass is 275 g/mol. The van der Waals surface area contributed by atoms with E-state index >= 15 is 0 Å². The van der Waals surface area contributed by atoms with E-state index in [1.165, 1.54) is 0 Å². The van der Waals surface area contributed by atoms with Gasteiger partial charge in [0.25, 0.3) is 0 Å². The predicted octanol–water partition coefficient (Wildman–Crippen LogP) is 1.81. The summed E-state index contributed by atoms with van der Waals surface area (Å²) < 4.78 is 10.6. The zero-order valence-corrected chi connectivity index (χ0v) is 11.4. The van der Waals surface area contributed by atoms with E-state index in [2.05, 4.69) is 0 Å². The molecular weight excluding hydrogens is 258 g/mol. The van der Waals surface area contributed by atoms with Crippen molar-refractivity contribution in [1.29, 1.82) is 0 Å². The molecule has 0 saturated heterocycles. The first-order valence-electron chi connectivity index (χ1n) is 6.19. The minimum Gasteiger partial charge on any atom is -0.496 e. The van der Waals surface area contributed by atoms with Gasteiger partial charge in [-0.2, -0.15) is 0 Å². The van der Waals surface area contributed by atoms with Gasteiger partial charge in [-0.1, -0.05) is 12.1 Å². The lowest BCUT2D eigenvalue weighted by molar-refractivity contribution is -0.138. The maximum absolute atomic E-state index is 10.9. The fourth-order valence-electron chi connectivity index (χ4n) is 2.17. The highest BCUT2D eigenvalue weighted by atomic mass is 16.5. The molecule has 5 nitrogen and oxygen atoms in total. The lowest BCUT2D eigenvalue weighted by Gasteiger charge is -2.14. The van der Waals surface area contributed by atoms with Gasteiger partial charge in [0.05, 0.1) is 14.2 Å². The molecular formula is C15H17NO4. The molecule has 0 bridgehead atoms. The Labute approximate surface area is 116 Å². The van der Waals surface area contributed by atoms with Crippen molar-refractivity contribution >= 4 is 16.7 Å². The van der Waals surface area contributed by atoms with Gasteiger partial charge in [-0.25, -0.2) is 0 Å². The molecule has 0 heterocycles. The van der Waals surface area contributed by atoms with E-state index in [-0.39, 0.29) is 6.42 Å². The summed E-state index contributed by atoms with van der Waals surface area (Å²) in [5.74, 6) is 0.324. The number of hydrogen-bond acceptors (Lipinski definition) is 4. The van der Waals surface area contributed by atoms with Crippen molar-refractivity contribution in [2.45, 2.75) is 12.5 Å². The SMILES string of the molecule is COc1cc2cccc(OC)c2cc1C[C@H](N)C(=O)O. The Morgan fingerprint density at radius 2 is 1.95 bits per heavy atom. The molecule has 0 fully saturated rings. The van der Waals surface area contributed by atoms with Crippen molar-refractivity contribution in [1.82, 2.24) is 0 Å². The lowest BCUT2D eigenvalue weighted by atomic mass is 10.00. The van der Waals surface area contributed by atoms with Crippen molar-refractivity contribution in [2.75, 3.05) is 14.2 Å². The van der Waals surface area contributed by atoms with E-state index in [1.807, 2.05) is 30.3 Å². The van der Waals surface area contributed by atoms with Crippen LogP contribution < -0.4 is 15.2 Å². The van der Waals surface area contributed by atoms with Crippen LogP contribution in [0.1, 0.15) is 5.56 Å². The summed E-state index contributed by atoms with van der Waals surface area (Å²) in [5, 5.41) is 10.8. The number of hydrogen-bond donors (Lipinski definition) is 2. The minimum atomic E-state index is -1.04. The Hall–Kier alpha value is -2.27. The smallest absolute Gasteiger partial charge is 0.320 e. The standard InChI is InChI=1S/C15H17NO4/c1-19-13-5-3-4-9-8-14(20-2)10(6-11(9)13)7-12(16)15(17)18/h3-6,8,12H,7,16H2,1-2H3,(H,17,18)/t12-/m0/s1. The number of methoxy groups -OCH3 is 2. The predicted molar refractivity (Wildman–Crippen MR) is 76.4 cm³/mol. The van der Waals surface area contributed by atoms with E-state index in [9.17, 15) is 4.79 Å². The van der Waals surface area contributed by atoms with Crippen molar-refractivity contribution in [3.8, 4) is 11.5 Å². The highest BCUT2D eigenvalue weighted by molar-refractivity contribution is 5.90. The van der Waals surface area contributed by atoms with E-state index in [1.54, 1.807) is 14.2 Å². The number of carbonyl (C=O) groups is 1. The number of rotatable bonds is 5. The molecule has 0 aliphatic heterocycles. The summed E-state index contributed by atoms with van der Waals surface area (Å²) in [7, 11) is 3.15. The van der Waals surface area contributed by atoms with Crippen molar-refractivity contribution in [2.24, 2.45) is 5.73 Å². The maximum atomic E-state index is 10.9. The molecule has 0 saturated carbocycles. The van der Waals surface area contributed by atoms with Crippen molar-refractivity contribution < 1.29 is 19.4 Å². The van der Waals surface area contributed by atoms with Gasteiger partial charge in [0, 0.05) is 11.8 Å². The Balaban J connectivity index is 2.54. The molecule has 2 aromatic rings. The summed E-state index contributed by atoms with van der Waals surface area (Å²) >= 11 is 0. The lowest BCUT2D eigenvalue weighted by Crippen LogP contribution is -2.32. The summed E-state index contributed by atoms with van der Waals surface area (Å²) in [4.78, 5) is 10.9. The summed E-state index contributed by atoms with van der Waals surface area (Å²) in [5.41, 5.74) is 6.35. The highest BCUT2D eigenvalue weighted by Gasteiger charge is 2.16. The van der Waals surface area contributed by atoms with Gasteiger partial charge in [0.2, 0.25) is 0 Å². The third-order valence-corrected chi connectivity index (χ3v) is 3.22. The van der Waals surface area contributed by atoms with Crippen molar-refractivity contribution in [3.05, 3.63) is 35.9 Å². The van der Waals surface area contributed by atoms with E-state index in [0.29, 0.717) is 5.75 Å². The molecule has 0 aromatic heterocycles. The number of carboxylic acids is 1. The molecule has 2 aromatic carbocycles. The third-order valence-electron chi connectivity index (χ3n) is 3.22. The fraction of sp³-hybridized carbons (Fsp3) is 0.267. The van der Waals surface area contributed by atoms with Crippen LogP contribution in [0.2, 0.25) is 0 Å². The second-order valence-electron chi connectivity index (χ2n) is 4.49. The molecule has 0 unspecified atom stereocenters. The molecule has 106 valence electrons. The summed E-state index contributed by atoms with van der Waals surface area (Å²) in [6.07, 6.45) is 0.201. The number of aliphatic carboxylic acids is 1. The molecule has 0 spiro atoms. The topological polar surface area (TPSA) is 81.8 Å². The quantitative estimate of drug-likeness (QED) is 0.869. The first-order valence-corrected chi connectivity index (χ1v) is 6.19. The normalized spacial score (nSPS) is 12.2. The number of carboxylic acid groups (broad SMARTS) is 1. The van der Waals surface area contributed by atoms with Gasteiger partial charge < -0.3 is 20.3 Å². The van der Waals surface area contributed by atoms with Crippen LogP contribution in [-0.4, -0.2) is 31.3 Å². The van der Waals surface area contributed by atoms with Gasteiger partial charge in [-0.05, 0) is 29.1 Å². The Bertz CT molecular complexity index is 639. The molecule has 5 heteroatoms. The molecule has 1 atom stereocenters. The minimum absolute atomic E-state index is 0.201. The molecule has 0 aliphatic carbocycles. The van der Waals surface area contributed by atoms with Crippen molar-refractivity contribution in [3.63, 3.8) is 0 Å². The van der Waals surface area contributed by atoms with Gasteiger partial charge in [-0.3, -0.25) is 4.79 Å². The van der Waals surface area contributed by atoms with Crippen LogP contribution in [0.3, 0.4) is 0 Å². The average Bonchev–Trinajstić information content (AvgIpc) is 2.45. The molecule has 0 radical (unpaired) electrons. The molecule has 3 N–H and O–H groups in total. The van der Waals surface area contributed by atoms with Crippen LogP contribution in [0.15, 0.2) is 30.3 Å². The Morgan fingerprint density at radius 1 is 1.25 bits per heavy atom. The Kier molecular flexibility index (Phi) is 4.10. The first-order chi connectivity index (χ1) is 9.56. The van der Waals surface area contributed by atoms with E-state index < -0.39 is 12.0 Å². The van der Waals surface area contributed by atoms with Crippen LogP contribution in [0.25, 0.3) is 10.8 Å². The average molecular weight is 275 g/mol. The first kappa shape index (κ1) is 14.1. The van der Waals surface area contributed by atoms with Crippen LogP contribution >= 0.6 is 0 Å². The summed E-state index contributed by atoms with van der Waals surface area (Å²) in [6.45, 7) is 0. The summed E-state index contributed by atoms with van der Waals surface area (Å²) in [6, 6.07) is 8.47. The fourth-order valence-corrected chi connectivity index (χ4v) is 2.17. The van der Waals surface area contributed by atoms with Gasteiger partial charge in [0.15, 0.2) is 0 Å². The van der Waals surface area contributed by atoms with Gasteiger partial charge >= 0.3 is 5.97 Å². The molecule has 0 amide bonds. The highest BCUT2D eigenvalue weighted by Crippen LogP contribution is 2.32. The van der Waals surface area contributed by atoms with E-state index in [4.69, 9.17) is 20.3 Å². The second-order valence-corrected chi connectivity index (χ2v) is 4.49. The molecule has 2 rings (SSSR count). The van der Waals surface area contributed by atoms with Gasteiger partial charge in [-0.15, -0.1) is 0 Å². The molecule has 20 heavy (non-hydrogen) atoms. The van der Waals surface area contributed by atoms with Gasteiger partial charge in [0.1, 0.15) is 17.5 Å². The third kappa shape index (κ3) is 2.67. The number of nitrogens with two attached hydrogens (primary N) is 1.